The van der Waals surface area contributed by atoms with Crippen LogP contribution in [0.15, 0.2) is 5.11 Å². The van der Waals surface area contributed by atoms with Gasteiger partial charge in [0.05, 0.1) is 0 Å². The first-order valence-corrected chi connectivity index (χ1v) is 5.50. The minimum Gasteiger partial charge on any atom is -0.0533 e. The molecule has 1 N–H and O–H groups in total. The minimum atomic E-state index is 0.343. The van der Waals surface area contributed by atoms with Gasteiger partial charge in [0.15, 0.2) is 0 Å². The molecule has 3 heteroatoms. The van der Waals surface area contributed by atoms with Gasteiger partial charge in [-0.3, -0.25) is 0 Å². The Hall–Kier alpha value is -0.690. The van der Waals surface area contributed by atoms with Crippen LogP contribution in [0.1, 0.15) is 57.8 Å². The van der Waals surface area contributed by atoms with E-state index >= 15 is 0 Å². The van der Waals surface area contributed by atoms with Gasteiger partial charge in [0.1, 0.15) is 16.7 Å². The van der Waals surface area contributed by atoms with Crippen molar-refractivity contribution in [2.45, 2.75) is 63.8 Å². The molecule has 0 amide bonds. The minimum absolute atomic E-state index is 0.343. The Bertz CT molecular complexity index is 163. The summed E-state index contributed by atoms with van der Waals surface area (Å²) in [6.07, 6.45) is 11.7. The van der Waals surface area contributed by atoms with Crippen LogP contribution in [-0.4, -0.2) is 6.04 Å². The molecule has 0 atom stereocenters. The maximum Gasteiger partial charge on any atom is 0.214 e. The second-order valence-electron chi connectivity index (χ2n) is 3.92. The van der Waals surface area contributed by atoms with Gasteiger partial charge < -0.3 is 0 Å². The van der Waals surface area contributed by atoms with Crippen molar-refractivity contribution >= 4 is 0 Å². The van der Waals surface area contributed by atoms with Gasteiger partial charge >= 0.3 is 0 Å². The van der Waals surface area contributed by atoms with Crippen LogP contribution >= 0.6 is 0 Å². The van der Waals surface area contributed by atoms with E-state index in [1.165, 1.54) is 44.9 Å². The van der Waals surface area contributed by atoms with Crippen molar-refractivity contribution in [3.8, 4) is 0 Å². The molecule has 13 heavy (non-hydrogen) atoms. The third-order valence-electron chi connectivity index (χ3n) is 2.80. The summed E-state index contributed by atoms with van der Waals surface area (Å²) in [6.45, 7) is 0. The van der Waals surface area contributed by atoms with E-state index in [9.17, 15) is 0 Å². The van der Waals surface area contributed by atoms with Crippen LogP contribution in [0.25, 0.3) is 0 Å². The van der Waals surface area contributed by atoms with Crippen molar-refractivity contribution in [2.24, 2.45) is 5.11 Å². The lowest BCUT2D eigenvalue weighted by molar-refractivity contribution is 0.448. The molecule has 0 spiro atoms. The Morgan fingerprint density at radius 2 is 1.31 bits per heavy atom. The molecule has 0 saturated heterocycles. The molecule has 1 aliphatic rings. The van der Waals surface area contributed by atoms with E-state index < -0.39 is 0 Å². The molecule has 3 nitrogen and oxygen atoms in total. The molecule has 0 aliphatic heterocycles. The molecule has 0 unspecified atom stereocenters. The zero-order valence-electron chi connectivity index (χ0n) is 8.34. The standard InChI is InChI=1S/C10H20N3/c11-13-12-10-8-6-4-2-1-3-5-7-9-10/h10-11H,1-9H2/q+1. The van der Waals surface area contributed by atoms with Crippen molar-refractivity contribution in [2.75, 3.05) is 0 Å². The highest BCUT2D eigenvalue weighted by Crippen LogP contribution is 2.18. The third kappa shape index (κ3) is 4.79. The first-order valence-electron chi connectivity index (χ1n) is 5.50. The molecule has 1 saturated carbocycles. The Morgan fingerprint density at radius 3 is 1.77 bits per heavy atom. The second-order valence-corrected chi connectivity index (χ2v) is 3.92. The summed E-state index contributed by atoms with van der Waals surface area (Å²) >= 11 is 0. The van der Waals surface area contributed by atoms with Crippen LogP contribution in [0, 0.1) is 5.53 Å². The normalized spacial score (nSPS) is 21.8. The summed E-state index contributed by atoms with van der Waals surface area (Å²) in [6, 6.07) is 0.343. The predicted octanol–water partition coefficient (Wildman–Crippen LogP) is 3.43. The maximum atomic E-state index is 6.72. The van der Waals surface area contributed by atoms with Crippen LogP contribution in [0.2, 0.25) is 0 Å². The van der Waals surface area contributed by atoms with Crippen LogP contribution in [0.5, 0.6) is 0 Å². The molecular weight excluding hydrogens is 162 g/mol. The van der Waals surface area contributed by atoms with Gasteiger partial charge in [-0.05, 0) is 12.8 Å². The van der Waals surface area contributed by atoms with Gasteiger partial charge in [-0.2, -0.15) is 0 Å². The third-order valence-corrected chi connectivity index (χ3v) is 2.80. The van der Waals surface area contributed by atoms with E-state index in [1.807, 2.05) is 0 Å². The summed E-state index contributed by atoms with van der Waals surface area (Å²) in [5, 5.41) is 3.95. The summed E-state index contributed by atoms with van der Waals surface area (Å²) < 4.78 is 0. The molecule has 0 bridgehead atoms. The van der Waals surface area contributed by atoms with E-state index in [2.05, 4.69) is 10.0 Å². The molecule has 0 aromatic heterocycles. The highest BCUT2D eigenvalue weighted by Gasteiger charge is 2.12. The molecule has 0 heterocycles. The summed E-state index contributed by atoms with van der Waals surface area (Å²) in [4.78, 5) is 3.16. The molecule has 74 valence electrons. The summed E-state index contributed by atoms with van der Waals surface area (Å²) in [5.74, 6) is 0. The quantitative estimate of drug-likeness (QED) is 0.477. The Kier molecular flexibility index (Phi) is 5.42. The van der Waals surface area contributed by atoms with Crippen LogP contribution < -0.4 is 4.91 Å². The van der Waals surface area contributed by atoms with Crippen LogP contribution in [-0.2, 0) is 0 Å². The molecule has 1 aliphatic carbocycles. The van der Waals surface area contributed by atoms with E-state index in [1.54, 1.807) is 0 Å². The van der Waals surface area contributed by atoms with Crippen molar-refractivity contribution in [3.05, 3.63) is 0 Å². The van der Waals surface area contributed by atoms with Gasteiger partial charge in [0.25, 0.3) is 0 Å². The van der Waals surface area contributed by atoms with Gasteiger partial charge in [-0.15, -0.1) is 0 Å². The molecule has 0 aromatic rings. The van der Waals surface area contributed by atoms with Gasteiger partial charge in [-0.1, -0.05) is 44.9 Å². The van der Waals surface area contributed by atoms with E-state index in [0.717, 1.165) is 12.8 Å². The number of nitrogens with zero attached hydrogens (tertiary/aromatic N) is 2. The van der Waals surface area contributed by atoms with E-state index in [4.69, 9.17) is 5.53 Å². The highest BCUT2D eigenvalue weighted by atomic mass is 15.1. The largest absolute Gasteiger partial charge is 0.214 e. The number of hydrogen-bond donors (Lipinski definition) is 1. The lowest BCUT2D eigenvalue weighted by atomic mass is 9.98. The number of nitrogens with one attached hydrogen (secondary N) is 1. The maximum absolute atomic E-state index is 6.72. The van der Waals surface area contributed by atoms with Gasteiger partial charge in [-0.25, -0.2) is 0 Å². The van der Waals surface area contributed by atoms with E-state index in [-0.39, 0.29) is 0 Å². The lowest BCUT2D eigenvalue weighted by Crippen LogP contribution is -2.05. The molecule has 0 radical (unpaired) electrons. The fraction of sp³-hybridized carbons (Fsp3) is 1.00. The molecule has 1 rings (SSSR count). The van der Waals surface area contributed by atoms with Gasteiger partial charge in [0.2, 0.25) is 4.91 Å². The second kappa shape index (κ2) is 6.79. The van der Waals surface area contributed by atoms with Crippen molar-refractivity contribution < 1.29 is 0 Å². The summed E-state index contributed by atoms with van der Waals surface area (Å²) in [5.41, 5.74) is 6.72. The average Bonchev–Trinajstić information content (AvgIpc) is 2.16. The van der Waals surface area contributed by atoms with Crippen molar-refractivity contribution in [1.29, 1.82) is 5.53 Å². The lowest BCUT2D eigenvalue weighted by Gasteiger charge is -2.09. The Morgan fingerprint density at radius 1 is 0.846 bits per heavy atom. The van der Waals surface area contributed by atoms with Gasteiger partial charge in [0, 0.05) is 0 Å². The monoisotopic (exact) mass is 182 g/mol. The number of rotatable bonds is 1. The highest BCUT2D eigenvalue weighted by molar-refractivity contribution is 4.65. The zero-order valence-corrected chi connectivity index (χ0v) is 8.34. The summed E-state index contributed by atoms with van der Waals surface area (Å²) in [7, 11) is 0. The fourth-order valence-corrected chi connectivity index (χ4v) is 1.99. The average molecular weight is 182 g/mol. The fourth-order valence-electron chi connectivity index (χ4n) is 1.99. The molecule has 0 aromatic carbocycles. The van der Waals surface area contributed by atoms with Crippen LogP contribution in [0.3, 0.4) is 0 Å². The molecule has 1 fully saturated rings. The van der Waals surface area contributed by atoms with E-state index in [0.29, 0.717) is 6.04 Å². The Balaban J connectivity index is 2.30. The molecular formula is C10H20N3+. The first kappa shape index (κ1) is 10.4. The SMILES string of the molecule is N=[N+]=NC1CCCCCCCCC1. The zero-order chi connectivity index (χ0) is 9.36. The number of hydrogen-bond acceptors (Lipinski definition) is 2. The smallest absolute Gasteiger partial charge is 0.0533 e. The topological polar surface area (TPSA) is 50.3 Å². The first-order chi connectivity index (χ1) is 6.43. The van der Waals surface area contributed by atoms with Crippen molar-refractivity contribution in [3.63, 3.8) is 0 Å². The van der Waals surface area contributed by atoms with Crippen molar-refractivity contribution in [1.82, 2.24) is 4.91 Å². The van der Waals surface area contributed by atoms with Crippen LogP contribution in [0.4, 0.5) is 0 Å². The Labute approximate surface area is 80.2 Å². The predicted molar refractivity (Wildman–Crippen MR) is 52.6 cm³/mol.